The minimum atomic E-state index is -0.336. The van der Waals surface area contributed by atoms with Crippen molar-refractivity contribution < 1.29 is 19.4 Å². The van der Waals surface area contributed by atoms with Crippen molar-refractivity contribution in [2.75, 3.05) is 20.3 Å². The van der Waals surface area contributed by atoms with Crippen LogP contribution in [0, 0.1) is 0 Å². The van der Waals surface area contributed by atoms with Crippen molar-refractivity contribution in [3.63, 3.8) is 0 Å². The van der Waals surface area contributed by atoms with Gasteiger partial charge in [0.2, 0.25) is 0 Å². The average molecular weight is 313 g/mol. The molecule has 1 heterocycles. The van der Waals surface area contributed by atoms with Crippen LogP contribution in [0.25, 0.3) is 0 Å². The minimum absolute atomic E-state index is 0.105. The largest absolute Gasteiger partial charge is 0.507 e. The van der Waals surface area contributed by atoms with Crippen LogP contribution in [0.5, 0.6) is 11.5 Å². The molecule has 0 spiro atoms. The third kappa shape index (κ3) is 3.29. The number of carbonyl (C=O) groups is 1. The lowest BCUT2D eigenvalue weighted by atomic mass is 9.97. The Morgan fingerprint density at radius 3 is 2.96 bits per heavy atom. The Morgan fingerprint density at radius 1 is 1.35 bits per heavy atom. The van der Waals surface area contributed by atoms with Gasteiger partial charge < -0.3 is 19.9 Å². The number of hydrogen-bond acceptors (Lipinski definition) is 4. The Kier molecular flexibility index (Phi) is 4.48. The Hall–Kier alpha value is -2.53. The molecule has 0 aliphatic carbocycles. The summed E-state index contributed by atoms with van der Waals surface area (Å²) in [7, 11) is 1.51. The van der Waals surface area contributed by atoms with Crippen LogP contribution in [0.3, 0.4) is 0 Å². The highest BCUT2D eigenvalue weighted by Gasteiger charge is 2.21. The molecule has 1 atom stereocenters. The number of benzene rings is 2. The number of carbonyl (C=O) groups excluding carboxylic acids is 1. The number of rotatable bonds is 4. The van der Waals surface area contributed by atoms with Crippen molar-refractivity contribution in [1.82, 2.24) is 5.32 Å². The number of hydrogen-bond donors (Lipinski definition) is 2. The predicted octanol–water partition coefficient (Wildman–Crippen LogP) is 2.44. The monoisotopic (exact) mass is 313 g/mol. The van der Waals surface area contributed by atoms with Gasteiger partial charge in [-0.2, -0.15) is 0 Å². The van der Waals surface area contributed by atoms with Crippen LogP contribution in [0.15, 0.2) is 42.5 Å². The molecule has 1 aliphatic heterocycles. The normalized spacial score (nSPS) is 16.5. The molecule has 1 amide bonds. The number of amides is 1. The molecule has 0 radical (unpaired) electrons. The van der Waals surface area contributed by atoms with Gasteiger partial charge in [0, 0.05) is 12.6 Å². The average Bonchev–Trinajstić information content (AvgIpc) is 2.59. The third-order valence-corrected chi connectivity index (χ3v) is 3.99. The SMILES string of the molecule is COc1ccc(C(=O)NC[C@H]2OCCc3ccccc32)c(O)c1. The molecule has 0 saturated heterocycles. The molecule has 5 heteroatoms. The van der Waals surface area contributed by atoms with Gasteiger partial charge in [0.25, 0.3) is 5.91 Å². The molecule has 120 valence electrons. The van der Waals surface area contributed by atoms with Gasteiger partial charge >= 0.3 is 0 Å². The van der Waals surface area contributed by atoms with Gasteiger partial charge in [0.1, 0.15) is 17.6 Å². The summed E-state index contributed by atoms with van der Waals surface area (Å²) < 4.78 is 10.8. The lowest BCUT2D eigenvalue weighted by Gasteiger charge is -2.26. The summed E-state index contributed by atoms with van der Waals surface area (Å²) in [6, 6.07) is 12.7. The van der Waals surface area contributed by atoms with Gasteiger partial charge in [-0.25, -0.2) is 0 Å². The quantitative estimate of drug-likeness (QED) is 0.910. The Bertz CT molecular complexity index is 714. The first-order valence-electron chi connectivity index (χ1n) is 7.53. The first kappa shape index (κ1) is 15.4. The number of aromatic hydroxyl groups is 1. The van der Waals surface area contributed by atoms with Crippen LogP contribution in [0.4, 0.5) is 0 Å². The van der Waals surface area contributed by atoms with E-state index >= 15 is 0 Å². The van der Waals surface area contributed by atoms with Gasteiger partial charge in [-0.1, -0.05) is 24.3 Å². The summed E-state index contributed by atoms with van der Waals surface area (Å²) in [4.78, 5) is 12.3. The Labute approximate surface area is 134 Å². The molecule has 2 aromatic rings. The Balaban J connectivity index is 1.68. The molecular weight excluding hydrogens is 294 g/mol. The van der Waals surface area contributed by atoms with Crippen molar-refractivity contribution in [2.24, 2.45) is 0 Å². The number of fused-ring (bicyclic) bond motifs is 1. The lowest BCUT2D eigenvalue weighted by molar-refractivity contribution is 0.0411. The molecule has 0 saturated carbocycles. The summed E-state index contributed by atoms with van der Waals surface area (Å²) in [5.74, 6) is 0.0622. The first-order valence-corrected chi connectivity index (χ1v) is 7.53. The second-order valence-electron chi connectivity index (χ2n) is 5.40. The number of ether oxygens (including phenoxy) is 2. The van der Waals surface area contributed by atoms with E-state index in [4.69, 9.17) is 9.47 Å². The number of phenolic OH excluding ortho intramolecular Hbond substituents is 1. The topological polar surface area (TPSA) is 67.8 Å². The van der Waals surface area contributed by atoms with E-state index in [-0.39, 0.29) is 23.3 Å². The zero-order valence-electron chi connectivity index (χ0n) is 12.9. The second kappa shape index (κ2) is 6.71. The second-order valence-corrected chi connectivity index (χ2v) is 5.40. The van der Waals surface area contributed by atoms with Crippen LogP contribution >= 0.6 is 0 Å². The molecule has 23 heavy (non-hydrogen) atoms. The van der Waals surface area contributed by atoms with Gasteiger partial charge in [0.05, 0.1) is 19.3 Å². The minimum Gasteiger partial charge on any atom is -0.507 e. The summed E-state index contributed by atoms with van der Waals surface area (Å²) in [5.41, 5.74) is 2.58. The van der Waals surface area contributed by atoms with E-state index in [0.717, 1.165) is 12.0 Å². The van der Waals surface area contributed by atoms with Crippen LogP contribution in [0.2, 0.25) is 0 Å². The molecule has 0 bridgehead atoms. The predicted molar refractivity (Wildman–Crippen MR) is 85.8 cm³/mol. The fraction of sp³-hybridized carbons (Fsp3) is 0.278. The van der Waals surface area contributed by atoms with Crippen molar-refractivity contribution >= 4 is 5.91 Å². The number of phenols is 1. The van der Waals surface area contributed by atoms with E-state index in [9.17, 15) is 9.90 Å². The van der Waals surface area contributed by atoms with Crippen LogP contribution in [0.1, 0.15) is 27.6 Å². The fourth-order valence-corrected chi connectivity index (χ4v) is 2.76. The maximum absolute atomic E-state index is 12.3. The molecule has 1 aliphatic rings. The van der Waals surface area contributed by atoms with Crippen LogP contribution in [-0.4, -0.2) is 31.3 Å². The molecule has 0 unspecified atom stereocenters. The van der Waals surface area contributed by atoms with Gasteiger partial charge in [0.15, 0.2) is 0 Å². The van der Waals surface area contributed by atoms with E-state index in [1.54, 1.807) is 12.1 Å². The maximum Gasteiger partial charge on any atom is 0.255 e. The van der Waals surface area contributed by atoms with E-state index in [1.165, 1.54) is 18.7 Å². The molecule has 0 aromatic heterocycles. The zero-order chi connectivity index (χ0) is 16.2. The zero-order valence-corrected chi connectivity index (χ0v) is 12.9. The molecule has 2 aromatic carbocycles. The van der Waals surface area contributed by atoms with Gasteiger partial charge in [-0.05, 0) is 29.7 Å². The van der Waals surface area contributed by atoms with Crippen molar-refractivity contribution in [2.45, 2.75) is 12.5 Å². The van der Waals surface area contributed by atoms with Crippen molar-refractivity contribution in [1.29, 1.82) is 0 Å². The third-order valence-electron chi connectivity index (χ3n) is 3.99. The summed E-state index contributed by atoms with van der Waals surface area (Å²) in [6.07, 6.45) is 0.726. The fourth-order valence-electron chi connectivity index (χ4n) is 2.76. The first-order chi connectivity index (χ1) is 11.2. The maximum atomic E-state index is 12.3. The van der Waals surface area contributed by atoms with Crippen LogP contribution < -0.4 is 10.1 Å². The number of methoxy groups -OCH3 is 1. The van der Waals surface area contributed by atoms with Crippen molar-refractivity contribution in [3.8, 4) is 11.5 Å². The van der Waals surface area contributed by atoms with E-state index < -0.39 is 0 Å². The number of nitrogens with one attached hydrogen (secondary N) is 1. The smallest absolute Gasteiger partial charge is 0.255 e. The molecule has 3 rings (SSSR count). The van der Waals surface area contributed by atoms with Gasteiger partial charge in [-0.15, -0.1) is 0 Å². The highest BCUT2D eigenvalue weighted by Crippen LogP contribution is 2.27. The lowest BCUT2D eigenvalue weighted by Crippen LogP contribution is -2.31. The van der Waals surface area contributed by atoms with E-state index in [0.29, 0.717) is 18.9 Å². The Morgan fingerprint density at radius 2 is 2.17 bits per heavy atom. The van der Waals surface area contributed by atoms with E-state index in [1.807, 2.05) is 18.2 Å². The van der Waals surface area contributed by atoms with Crippen molar-refractivity contribution in [3.05, 3.63) is 59.2 Å². The molecule has 5 nitrogen and oxygen atoms in total. The van der Waals surface area contributed by atoms with Crippen LogP contribution in [-0.2, 0) is 11.2 Å². The molecule has 0 fully saturated rings. The summed E-state index contributed by atoms with van der Waals surface area (Å²) in [6.45, 7) is 1.01. The molecular formula is C18H19NO4. The molecule has 2 N–H and O–H groups in total. The standard InChI is InChI=1S/C18H19NO4/c1-22-13-6-7-15(16(20)10-13)18(21)19-11-17-14-5-3-2-4-12(14)8-9-23-17/h2-7,10,17,20H,8-9,11H2,1H3,(H,19,21)/t17-/m1/s1. The summed E-state index contributed by atoms with van der Waals surface area (Å²) >= 11 is 0. The summed E-state index contributed by atoms with van der Waals surface area (Å²) in [5, 5.41) is 12.7. The highest BCUT2D eigenvalue weighted by atomic mass is 16.5. The van der Waals surface area contributed by atoms with Gasteiger partial charge in [-0.3, -0.25) is 4.79 Å². The highest BCUT2D eigenvalue weighted by molar-refractivity contribution is 5.97. The van der Waals surface area contributed by atoms with E-state index in [2.05, 4.69) is 11.4 Å².